The van der Waals surface area contributed by atoms with Gasteiger partial charge in [0, 0.05) is 6.54 Å². The standard InChI is InChI=1S/C11H16F3N3O/c1-7(2)18-4-3-16-10-6-8(11(12,13)14)5-9(15)17-10/h5-7H,3-4H2,1-2H3,(H3,15,16,17). The third kappa shape index (κ3) is 4.79. The summed E-state index contributed by atoms with van der Waals surface area (Å²) in [7, 11) is 0. The average molecular weight is 263 g/mol. The van der Waals surface area contributed by atoms with Crippen LogP contribution in [0.4, 0.5) is 24.8 Å². The molecule has 1 heterocycles. The molecule has 4 nitrogen and oxygen atoms in total. The second-order valence-corrected chi connectivity index (χ2v) is 4.01. The summed E-state index contributed by atoms with van der Waals surface area (Å²) in [5, 5.41) is 2.74. The Kier molecular flexibility index (Phi) is 4.77. The largest absolute Gasteiger partial charge is 0.416 e. The number of rotatable bonds is 5. The third-order valence-corrected chi connectivity index (χ3v) is 2.03. The highest BCUT2D eigenvalue weighted by Crippen LogP contribution is 2.31. The third-order valence-electron chi connectivity index (χ3n) is 2.03. The van der Waals surface area contributed by atoms with Crippen LogP contribution in [0.15, 0.2) is 12.1 Å². The molecule has 0 bridgehead atoms. The molecule has 1 aromatic rings. The number of nitrogens with two attached hydrogens (primary N) is 1. The Hall–Kier alpha value is -1.50. The monoisotopic (exact) mass is 263 g/mol. The summed E-state index contributed by atoms with van der Waals surface area (Å²) in [5.74, 6) is -0.0771. The smallest absolute Gasteiger partial charge is 0.384 e. The zero-order valence-corrected chi connectivity index (χ0v) is 10.2. The van der Waals surface area contributed by atoms with Crippen LogP contribution in [0.5, 0.6) is 0 Å². The highest BCUT2D eigenvalue weighted by Gasteiger charge is 2.31. The van der Waals surface area contributed by atoms with Gasteiger partial charge in [-0.25, -0.2) is 4.98 Å². The van der Waals surface area contributed by atoms with Crippen LogP contribution >= 0.6 is 0 Å². The molecule has 0 aliphatic carbocycles. The maximum atomic E-state index is 12.5. The summed E-state index contributed by atoms with van der Waals surface area (Å²) >= 11 is 0. The molecular weight excluding hydrogens is 247 g/mol. The number of alkyl halides is 3. The number of halogens is 3. The van der Waals surface area contributed by atoms with Crippen molar-refractivity contribution in [2.24, 2.45) is 0 Å². The SMILES string of the molecule is CC(C)OCCNc1cc(C(F)(F)F)cc(N)n1. The lowest BCUT2D eigenvalue weighted by molar-refractivity contribution is -0.137. The average Bonchev–Trinajstić information content (AvgIpc) is 2.22. The van der Waals surface area contributed by atoms with E-state index in [2.05, 4.69) is 10.3 Å². The number of nitrogens with one attached hydrogen (secondary N) is 1. The first-order valence-electron chi connectivity index (χ1n) is 5.49. The second-order valence-electron chi connectivity index (χ2n) is 4.01. The zero-order chi connectivity index (χ0) is 13.8. The van der Waals surface area contributed by atoms with Crippen LogP contribution < -0.4 is 11.1 Å². The molecule has 18 heavy (non-hydrogen) atoms. The Morgan fingerprint density at radius 2 is 2.06 bits per heavy atom. The quantitative estimate of drug-likeness (QED) is 0.801. The van der Waals surface area contributed by atoms with Crippen LogP contribution in [0.2, 0.25) is 0 Å². The minimum absolute atomic E-state index is 0.0753. The molecule has 1 aromatic heterocycles. The van der Waals surface area contributed by atoms with Gasteiger partial charge in [0.2, 0.25) is 0 Å². The Morgan fingerprint density at radius 3 is 2.61 bits per heavy atom. The summed E-state index contributed by atoms with van der Waals surface area (Å²) in [6, 6.07) is 1.72. The molecule has 7 heteroatoms. The Morgan fingerprint density at radius 1 is 1.39 bits per heavy atom. The van der Waals surface area contributed by atoms with Crippen LogP contribution in [-0.4, -0.2) is 24.2 Å². The molecule has 3 N–H and O–H groups in total. The summed E-state index contributed by atoms with van der Waals surface area (Å²) in [6.45, 7) is 4.50. The van der Waals surface area contributed by atoms with Crippen molar-refractivity contribution in [3.63, 3.8) is 0 Å². The molecule has 0 saturated carbocycles. The minimum Gasteiger partial charge on any atom is -0.384 e. The van der Waals surface area contributed by atoms with E-state index in [-0.39, 0.29) is 17.7 Å². The number of nitrogens with zero attached hydrogens (tertiary/aromatic N) is 1. The molecule has 0 unspecified atom stereocenters. The fourth-order valence-corrected chi connectivity index (χ4v) is 1.28. The van der Waals surface area contributed by atoms with E-state index in [0.29, 0.717) is 13.2 Å². The molecule has 0 saturated heterocycles. The van der Waals surface area contributed by atoms with E-state index in [4.69, 9.17) is 10.5 Å². The summed E-state index contributed by atoms with van der Waals surface area (Å²) in [6.07, 6.45) is -4.35. The van der Waals surface area contributed by atoms with Crippen molar-refractivity contribution in [3.8, 4) is 0 Å². The molecule has 0 atom stereocenters. The number of anilines is 2. The predicted molar refractivity (Wildman–Crippen MR) is 63.2 cm³/mol. The van der Waals surface area contributed by atoms with Crippen LogP contribution in [0.3, 0.4) is 0 Å². The number of hydrogen-bond donors (Lipinski definition) is 2. The number of nitrogen functional groups attached to an aromatic ring is 1. The maximum absolute atomic E-state index is 12.5. The second kappa shape index (κ2) is 5.90. The van der Waals surface area contributed by atoms with Gasteiger partial charge in [0.1, 0.15) is 11.6 Å². The number of hydrogen-bond acceptors (Lipinski definition) is 4. The molecular formula is C11H16F3N3O. The molecule has 1 rings (SSSR count). The van der Waals surface area contributed by atoms with Crippen molar-refractivity contribution in [2.75, 3.05) is 24.2 Å². The van der Waals surface area contributed by atoms with Gasteiger partial charge in [0.15, 0.2) is 0 Å². The maximum Gasteiger partial charge on any atom is 0.416 e. The van der Waals surface area contributed by atoms with E-state index in [1.54, 1.807) is 0 Å². The van der Waals surface area contributed by atoms with Gasteiger partial charge in [0.05, 0.1) is 18.3 Å². The van der Waals surface area contributed by atoms with Gasteiger partial charge in [-0.2, -0.15) is 13.2 Å². The van der Waals surface area contributed by atoms with E-state index in [9.17, 15) is 13.2 Å². The summed E-state index contributed by atoms with van der Waals surface area (Å²) < 4.78 is 42.8. The van der Waals surface area contributed by atoms with Crippen molar-refractivity contribution in [1.29, 1.82) is 0 Å². The van der Waals surface area contributed by atoms with Gasteiger partial charge in [-0.05, 0) is 26.0 Å². The van der Waals surface area contributed by atoms with Crippen LogP contribution in [-0.2, 0) is 10.9 Å². The highest BCUT2D eigenvalue weighted by atomic mass is 19.4. The Balaban J connectivity index is 2.63. The van der Waals surface area contributed by atoms with Crippen molar-refractivity contribution in [2.45, 2.75) is 26.1 Å². The van der Waals surface area contributed by atoms with Gasteiger partial charge in [-0.1, -0.05) is 0 Å². The van der Waals surface area contributed by atoms with Crippen LogP contribution in [0.1, 0.15) is 19.4 Å². The van der Waals surface area contributed by atoms with Crippen molar-refractivity contribution < 1.29 is 17.9 Å². The summed E-state index contributed by atoms with van der Waals surface area (Å²) in [5.41, 5.74) is 4.51. The Labute approximate surface area is 103 Å². The first kappa shape index (κ1) is 14.6. The van der Waals surface area contributed by atoms with Crippen molar-refractivity contribution >= 4 is 11.6 Å². The highest BCUT2D eigenvalue weighted by molar-refractivity contribution is 5.47. The lowest BCUT2D eigenvalue weighted by Gasteiger charge is -2.12. The van der Waals surface area contributed by atoms with E-state index in [1.807, 2.05) is 13.8 Å². The summed E-state index contributed by atoms with van der Waals surface area (Å²) in [4.78, 5) is 3.78. The van der Waals surface area contributed by atoms with Gasteiger partial charge < -0.3 is 15.8 Å². The van der Waals surface area contributed by atoms with Gasteiger partial charge in [0.25, 0.3) is 0 Å². The minimum atomic E-state index is -4.43. The van der Waals surface area contributed by atoms with Gasteiger partial charge >= 0.3 is 6.18 Å². The predicted octanol–water partition coefficient (Wildman–Crippen LogP) is 2.52. The lowest BCUT2D eigenvalue weighted by atomic mass is 10.2. The molecule has 102 valence electrons. The number of ether oxygens (including phenoxy) is 1. The normalized spacial score (nSPS) is 11.9. The van der Waals surface area contributed by atoms with Crippen molar-refractivity contribution in [3.05, 3.63) is 17.7 Å². The first-order chi connectivity index (χ1) is 8.29. The van der Waals surface area contributed by atoms with Gasteiger partial charge in [-0.3, -0.25) is 0 Å². The molecule has 0 spiro atoms. The van der Waals surface area contributed by atoms with E-state index in [1.165, 1.54) is 0 Å². The number of aromatic nitrogens is 1. The molecule has 0 aliphatic rings. The fraction of sp³-hybridized carbons (Fsp3) is 0.545. The molecule has 0 radical (unpaired) electrons. The molecule has 0 amide bonds. The van der Waals surface area contributed by atoms with Crippen molar-refractivity contribution in [1.82, 2.24) is 4.98 Å². The van der Waals surface area contributed by atoms with Gasteiger partial charge in [-0.15, -0.1) is 0 Å². The van der Waals surface area contributed by atoms with E-state index < -0.39 is 11.7 Å². The van der Waals surface area contributed by atoms with Crippen LogP contribution in [0, 0.1) is 0 Å². The topological polar surface area (TPSA) is 60.2 Å². The molecule has 0 aromatic carbocycles. The molecule has 0 fully saturated rings. The molecule has 0 aliphatic heterocycles. The lowest BCUT2D eigenvalue weighted by Crippen LogP contribution is -2.15. The van der Waals surface area contributed by atoms with E-state index in [0.717, 1.165) is 12.1 Å². The number of pyridine rings is 1. The van der Waals surface area contributed by atoms with E-state index >= 15 is 0 Å². The fourth-order valence-electron chi connectivity index (χ4n) is 1.28. The first-order valence-corrected chi connectivity index (χ1v) is 5.49. The zero-order valence-electron chi connectivity index (χ0n) is 10.2. The Bertz CT molecular complexity index is 394. The van der Waals surface area contributed by atoms with Crippen LogP contribution in [0.25, 0.3) is 0 Å².